The Labute approximate surface area is 178 Å². The van der Waals surface area contributed by atoms with E-state index in [2.05, 4.69) is 21.4 Å². The maximum atomic E-state index is 5.83. The normalized spacial score (nSPS) is 15.7. The molecule has 0 spiro atoms. The Morgan fingerprint density at radius 1 is 1.13 bits per heavy atom. The van der Waals surface area contributed by atoms with E-state index in [0.29, 0.717) is 19.0 Å². The highest BCUT2D eigenvalue weighted by Crippen LogP contribution is 2.29. The predicted octanol–water partition coefficient (Wildman–Crippen LogP) is 3.64. The van der Waals surface area contributed by atoms with Crippen molar-refractivity contribution in [1.82, 2.24) is 19.4 Å². The van der Waals surface area contributed by atoms with E-state index in [-0.39, 0.29) is 6.10 Å². The number of aromatic nitrogens is 4. The van der Waals surface area contributed by atoms with Gasteiger partial charge in [0.1, 0.15) is 11.9 Å². The largest absolute Gasteiger partial charge is 0.486 e. The van der Waals surface area contributed by atoms with Gasteiger partial charge in [0.05, 0.1) is 25.5 Å². The lowest BCUT2D eigenvalue weighted by molar-refractivity contribution is -0.0796. The van der Waals surface area contributed by atoms with Gasteiger partial charge in [0.2, 0.25) is 5.88 Å². The number of nitrogens with zero attached hydrogens (tertiary/aromatic N) is 4. The van der Waals surface area contributed by atoms with E-state index in [0.717, 1.165) is 59.2 Å². The Kier molecular flexibility index (Phi) is 4.42. The van der Waals surface area contributed by atoms with Crippen LogP contribution >= 0.6 is 0 Å². The molecule has 1 N–H and O–H groups in total. The van der Waals surface area contributed by atoms with E-state index in [1.807, 2.05) is 47.3 Å². The molecule has 3 aromatic heterocycles. The van der Waals surface area contributed by atoms with E-state index >= 15 is 0 Å². The van der Waals surface area contributed by atoms with Crippen LogP contribution in [0.1, 0.15) is 12.0 Å². The van der Waals surface area contributed by atoms with Crippen LogP contribution in [0.25, 0.3) is 16.9 Å². The van der Waals surface area contributed by atoms with E-state index in [4.69, 9.17) is 19.2 Å². The first kappa shape index (κ1) is 18.1. The molecule has 0 aliphatic carbocycles. The third-order valence-electron chi connectivity index (χ3n) is 5.45. The average Bonchev–Trinajstić information content (AvgIpc) is 3.26. The number of fused-ring (bicyclic) bond motifs is 2. The highest BCUT2D eigenvalue weighted by atomic mass is 16.6. The van der Waals surface area contributed by atoms with Crippen molar-refractivity contribution in [3.8, 4) is 22.9 Å². The zero-order chi connectivity index (χ0) is 20.6. The third-order valence-corrected chi connectivity index (χ3v) is 5.45. The molecule has 0 amide bonds. The molecular formula is C23H21N5O3. The zero-order valence-corrected chi connectivity index (χ0v) is 16.8. The minimum absolute atomic E-state index is 0.150. The Balaban J connectivity index is 1.31. The second-order valence-electron chi connectivity index (χ2n) is 7.70. The summed E-state index contributed by atoms with van der Waals surface area (Å²) in [7, 11) is 0. The molecule has 31 heavy (non-hydrogen) atoms. The molecule has 0 atom stereocenters. The van der Waals surface area contributed by atoms with Crippen molar-refractivity contribution >= 4 is 17.2 Å². The molecule has 2 aliphatic heterocycles. The predicted molar refractivity (Wildman–Crippen MR) is 115 cm³/mol. The first-order valence-electron chi connectivity index (χ1n) is 10.4. The lowest BCUT2D eigenvalue weighted by atomic mass is 10.1. The Bertz CT molecular complexity index is 1230. The summed E-state index contributed by atoms with van der Waals surface area (Å²) in [6, 6.07) is 9.95. The second kappa shape index (κ2) is 7.55. The van der Waals surface area contributed by atoms with Crippen LogP contribution in [0.4, 0.5) is 11.5 Å². The van der Waals surface area contributed by atoms with Gasteiger partial charge >= 0.3 is 0 Å². The summed E-state index contributed by atoms with van der Waals surface area (Å²) in [5.74, 6) is 2.24. The molecule has 6 rings (SSSR count). The van der Waals surface area contributed by atoms with Gasteiger partial charge in [0.25, 0.3) is 0 Å². The molecule has 0 bridgehead atoms. The molecule has 8 nitrogen and oxygen atoms in total. The number of anilines is 2. The smallest absolute Gasteiger partial charge is 0.216 e. The Hall–Kier alpha value is -3.65. The molecule has 5 heterocycles. The topological polar surface area (TPSA) is 82.8 Å². The SMILES string of the molecule is c1cn2cc(-c3cnc4c(c3)CCCO4)nc(Nc3ccc(OC4COC4)cc3)c2n1. The molecule has 1 saturated heterocycles. The average molecular weight is 415 g/mol. The van der Waals surface area contributed by atoms with E-state index in [1.54, 1.807) is 6.20 Å². The summed E-state index contributed by atoms with van der Waals surface area (Å²) in [6.45, 7) is 2.03. The summed E-state index contributed by atoms with van der Waals surface area (Å²) in [6.07, 6.45) is 9.59. The molecule has 0 saturated carbocycles. The monoisotopic (exact) mass is 415 g/mol. The molecule has 0 unspecified atom stereocenters. The van der Waals surface area contributed by atoms with Crippen LogP contribution in [0.2, 0.25) is 0 Å². The summed E-state index contributed by atoms with van der Waals surface area (Å²) >= 11 is 0. The molecule has 1 fully saturated rings. The fourth-order valence-electron chi connectivity index (χ4n) is 3.76. The summed E-state index contributed by atoms with van der Waals surface area (Å²) in [4.78, 5) is 13.8. The van der Waals surface area contributed by atoms with Gasteiger partial charge in [-0.25, -0.2) is 15.0 Å². The van der Waals surface area contributed by atoms with Crippen LogP contribution < -0.4 is 14.8 Å². The van der Waals surface area contributed by atoms with Gasteiger partial charge in [-0.05, 0) is 43.2 Å². The van der Waals surface area contributed by atoms with Gasteiger partial charge in [0, 0.05) is 41.6 Å². The van der Waals surface area contributed by atoms with Crippen molar-refractivity contribution in [3.63, 3.8) is 0 Å². The van der Waals surface area contributed by atoms with Crippen LogP contribution in [0, 0.1) is 0 Å². The number of aryl methyl sites for hydroxylation is 1. The van der Waals surface area contributed by atoms with Crippen molar-refractivity contribution in [3.05, 3.63) is 60.7 Å². The lowest BCUT2D eigenvalue weighted by Gasteiger charge is -2.26. The first-order valence-corrected chi connectivity index (χ1v) is 10.4. The Morgan fingerprint density at radius 3 is 2.87 bits per heavy atom. The molecule has 4 aromatic rings. The summed E-state index contributed by atoms with van der Waals surface area (Å²) in [5, 5.41) is 3.39. The maximum absolute atomic E-state index is 5.83. The van der Waals surface area contributed by atoms with Crippen LogP contribution in [-0.4, -0.2) is 45.3 Å². The lowest BCUT2D eigenvalue weighted by Crippen LogP contribution is -2.38. The van der Waals surface area contributed by atoms with Crippen molar-refractivity contribution in [1.29, 1.82) is 0 Å². The Morgan fingerprint density at radius 2 is 2.03 bits per heavy atom. The second-order valence-corrected chi connectivity index (χ2v) is 7.70. The minimum Gasteiger partial charge on any atom is -0.486 e. The molecule has 2 aliphatic rings. The van der Waals surface area contributed by atoms with Crippen molar-refractivity contribution in [2.24, 2.45) is 0 Å². The van der Waals surface area contributed by atoms with Gasteiger partial charge in [-0.1, -0.05) is 0 Å². The van der Waals surface area contributed by atoms with Crippen molar-refractivity contribution in [2.45, 2.75) is 18.9 Å². The number of ether oxygens (including phenoxy) is 3. The number of rotatable bonds is 5. The fourth-order valence-corrected chi connectivity index (χ4v) is 3.76. The molecule has 1 aromatic carbocycles. The standard InChI is InChI=1S/C23H21N5O3/c1-2-15-10-16(11-25-23(15)30-9-1)20-12-28-8-7-24-22(28)21(27-20)26-17-3-5-18(6-4-17)31-19-13-29-14-19/h3-8,10-12,19H,1-2,9,13-14H2,(H,26,27). The van der Waals surface area contributed by atoms with Gasteiger partial charge in [0.15, 0.2) is 11.5 Å². The minimum atomic E-state index is 0.150. The maximum Gasteiger partial charge on any atom is 0.216 e. The molecule has 8 heteroatoms. The molecule has 156 valence electrons. The molecule has 0 radical (unpaired) electrons. The highest BCUT2D eigenvalue weighted by molar-refractivity contribution is 5.74. The summed E-state index contributed by atoms with van der Waals surface area (Å²) < 4.78 is 18.6. The van der Waals surface area contributed by atoms with Crippen LogP contribution in [0.5, 0.6) is 11.6 Å². The molecular weight excluding hydrogens is 394 g/mol. The third kappa shape index (κ3) is 3.55. The van der Waals surface area contributed by atoms with Gasteiger partial charge < -0.3 is 23.9 Å². The van der Waals surface area contributed by atoms with Crippen LogP contribution in [0.3, 0.4) is 0 Å². The number of benzene rings is 1. The first-order chi connectivity index (χ1) is 15.3. The van der Waals surface area contributed by atoms with E-state index in [1.165, 1.54) is 0 Å². The highest BCUT2D eigenvalue weighted by Gasteiger charge is 2.20. The summed E-state index contributed by atoms with van der Waals surface area (Å²) in [5.41, 5.74) is 4.56. The van der Waals surface area contributed by atoms with Crippen LogP contribution in [0.15, 0.2) is 55.1 Å². The number of hydrogen-bond acceptors (Lipinski definition) is 7. The van der Waals surface area contributed by atoms with Crippen molar-refractivity contribution < 1.29 is 14.2 Å². The van der Waals surface area contributed by atoms with Gasteiger partial charge in [-0.15, -0.1) is 0 Å². The quantitative estimate of drug-likeness (QED) is 0.533. The van der Waals surface area contributed by atoms with Crippen LogP contribution in [-0.2, 0) is 11.2 Å². The van der Waals surface area contributed by atoms with Crippen molar-refractivity contribution in [2.75, 3.05) is 25.1 Å². The number of hydrogen-bond donors (Lipinski definition) is 1. The number of nitrogens with one attached hydrogen (secondary N) is 1. The van der Waals surface area contributed by atoms with Gasteiger partial charge in [-0.3, -0.25) is 0 Å². The van der Waals surface area contributed by atoms with E-state index < -0.39 is 0 Å². The fraction of sp³-hybridized carbons (Fsp3) is 0.261. The zero-order valence-electron chi connectivity index (χ0n) is 16.8. The number of imidazole rings is 1. The number of pyridine rings is 1. The van der Waals surface area contributed by atoms with E-state index in [9.17, 15) is 0 Å². The van der Waals surface area contributed by atoms with Gasteiger partial charge in [-0.2, -0.15) is 0 Å².